The van der Waals surface area contributed by atoms with Crippen molar-refractivity contribution in [3.05, 3.63) is 107 Å². The van der Waals surface area contributed by atoms with E-state index in [-0.39, 0.29) is 10.8 Å². The summed E-state index contributed by atoms with van der Waals surface area (Å²) in [6, 6.07) is 23.0. The zero-order chi connectivity index (χ0) is 19.6. The van der Waals surface area contributed by atoms with E-state index in [1.54, 1.807) is 18.2 Å². The summed E-state index contributed by atoms with van der Waals surface area (Å²) in [7, 11) is -4.35. The third-order valence-electron chi connectivity index (χ3n) is 5.01. The monoisotopic (exact) mass is 388 g/mol. The molecule has 1 atom stereocenters. The number of hydrogen-bond donors (Lipinski definition) is 1. The number of rotatable bonds is 4. The van der Waals surface area contributed by atoms with Crippen LogP contribution < -0.4 is 0 Å². The van der Waals surface area contributed by atoms with E-state index in [0.29, 0.717) is 5.56 Å². The highest BCUT2D eigenvalue weighted by Crippen LogP contribution is 2.36. The fourth-order valence-electron chi connectivity index (χ4n) is 3.63. The van der Waals surface area contributed by atoms with Crippen LogP contribution in [0.3, 0.4) is 0 Å². The van der Waals surface area contributed by atoms with Crippen molar-refractivity contribution in [3.8, 4) is 0 Å². The molecule has 0 saturated carbocycles. The Labute approximate surface area is 165 Å². The summed E-state index contributed by atoms with van der Waals surface area (Å²) in [5, 5.41) is 0. The summed E-state index contributed by atoms with van der Waals surface area (Å²) in [4.78, 5) is -0.0655. The van der Waals surface area contributed by atoms with Gasteiger partial charge in [0.15, 0.2) is 0 Å². The smallest absolute Gasteiger partial charge is 0.282 e. The molecule has 3 aromatic carbocycles. The predicted molar refractivity (Wildman–Crippen MR) is 114 cm³/mol. The van der Waals surface area contributed by atoms with E-state index in [0.717, 1.165) is 23.1 Å². The lowest BCUT2D eigenvalue weighted by Gasteiger charge is -2.23. The third-order valence-corrected chi connectivity index (χ3v) is 5.92. The zero-order valence-electron chi connectivity index (χ0n) is 15.2. The fraction of sp³-hybridized carbons (Fsp3) is 0.0833. The SMILES string of the molecule is O=S(=O)(O)c1cc(C2CC=Cc3ccccc32)ccc1C=Cc1ccccc1. The minimum Gasteiger partial charge on any atom is -0.282 e. The molecule has 0 amide bonds. The summed E-state index contributed by atoms with van der Waals surface area (Å²) in [6.07, 6.45) is 8.54. The van der Waals surface area contributed by atoms with Gasteiger partial charge in [-0.25, -0.2) is 0 Å². The lowest BCUT2D eigenvalue weighted by molar-refractivity contribution is 0.483. The molecule has 0 heterocycles. The van der Waals surface area contributed by atoms with Crippen molar-refractivity contribution in [1.82, 2.24) is 0 Å². The molecule has 0 spiro atoms. The Morgan fingerprint density at radius 2 is 1.64 bits per heavy atom. The maximum atomic E-state index is 12.1. The highest BCUT2D eigenvalue weighted by Gasteiger charge is 2.22. The molecule has 0 aliphatic heterocycles. The van der Waals surface area contributed by atoms with Crippen molar-refractivity contribution in [3.63, 3.8) is 0 Å². The fourth-order valence-corrected chi connectivity index (χ4v) is 4.35. The topological polar surface area (TPSA) is 54.4 Å². The molecule has 1 aliphatic carbocycles. The van der Waals surface area contributed by atoms with Crippen molar-refractivity contribution in [2.75, 3.05) is 0 Å². The van der Waals surface area contributed by atoms with Crippen LogP contribution in [-0.4, -0.2) is 13.0 Å². The van der Waals surface area contributed by atoms with Crippen LogP contribution in [0.2, 0.25) is 0 Å². The van der Waals surface area contributed by atoms with Crippen molar-refractivity contribution in [1.29, 1.82) is 0 Å². The molecule has 140 valence electrons. The highest BCUT2D eigenvalue weighted by atomic mass is 32.2. The van der Waals surface area contributed by atoms with Crippen LogP contribution in [-0.2, 0) is 10.1 Å². The molecule has 3 aromatic rings. The van der Waals surface area contributed by atoms with E-state index >= 15 is 0 Å². The number of hydrogen-bond acceptors (Lipinski definition) is 2. The second-order valence-electron chi connectivity index (χ2n) is 6.84. The molecule has 0 aromatic heterocycles. The van der Waals surface area contributed by atoms with Gasteiger partial charge in [0.1, 0.15) is 4.90 Å². The minimum atomic E-state index is -4.35. The van der Waals surface area contributed by atoms with Gasteiger partial charge in [-0.1, -0.05) is 91.0 Å². The van der Waals surface area contributed by atoms with Gasteiger partial charge in [-0.05, 0) is 40.3 Å². The van der Waals surface area contributed by atoms with Crippen LogP contribution in [0.1, 0.15) is 40.2 Å². The number of fused-ring (bicyclic) bond motifs is 1. The molecular formula is C24H20O3S. The Morgan fingerprint density at radius 3 is 2.43 bits per heavy atom. The van der Waals surface area contributed by atoms with Crippen molar-refractivity contribution in [2.24, 2.45) is 0 Å². The van der Waals surface area contributed by atoms with Crippen LogP contribution in [0.25, 0.3) is 18.2 Å². The van der Waals surface area contributed by atoms with Crippen LogP contribution in [0.15, 0.2) is 83.8 Å². The summed E-state index contributed by atoms with van der Waals surface area (Å²) < 4.78 is 33.9. The lowest BCUT2D eigenvalue weighted by Crippen LogP contribution is -2.08. The van der Waals surface area contributed by atoms with E-state index in [2.05, 4.69) is 24.3 Å². The largest absolute Gasteiger partial charge is 0.295 e. The summed E-state index contributed by atoms with van der Waals surface area (Å²) in [5.41, 5.74) is 4.61. The van der Waals surface area contributed by atoms with E-state index in [4.69, 9.17) is 0 Å². The van der Waals surface area contributed by atoms with Gasteiger partial charge in [0, 0.05) is 5.92 Å². The van der Waals surface area contributed by atoms with Crippen molar-refractivity contribution in [2.45, 2.75) is 17.2 Å². The summed E-state index contributed by atoms with van der Waals surface area (Å²) in [5.74, 6) is 0.0638. The maximum absolute atomic E-state index is 12.1. The minimum absolute atomic E-state index is 0.0638. The molecule has 0 fully saturated rings. The first-order chi connectivity index (χ1) is 13.5. The average molecular weight is 388 g/mol. The zero-order valence-corrected chi connectivity index (χ0v) is 16.0. The van der Waals surface area contributed by atoms with Crippen LogP contribution in [0.4, 0.5) is 0 Å². The molecule has 1 N–H and O–H groups in total. The standard InChI is InChI=1S/C24H20O3S/c25-28(26,27)24-17-21(23-12-6-10-19-9-4-5-11-22(19)23)16-15-20(24)14-13-18-7-2-1-3-8-18/h1-11,13-17,23H,12H2,(H,25,26,27). The van der Waals surface area contributed by atoms with Crippen molar-refractivity contribution < 1.29 is 13.0 Å². The van der Waals surface area contributed by atoms with Gasteiger partial charge in [0.05, 0.1) is 0 Å². The van der Waals surface area contributed by atoms with E-state index in [9.17, 15) is 13.0 Å². The van der Waals surface area contributed by atoms with Crippen LogP contribution in [0.5, 0.6) is 0 Å². The maximum Gasteiger partial charge on any atom is 0.295 e. The Hall–Kier alpha value is -2.95. The van der Waals surface area contributed by atoms with Crippen LogP contribution >= 0.6 is 0 Å². The van der Waals surface area contributed by atoms with Gasteiger partial charge in [-0.15, -0.1) is 0 Å². The molecule has 4 rings (SSSR count). The lowest BCUT2D eigenvalue weighted by atomic mass is 9.82. The molecule has 1 unspecified atom stereocenters. The Kier molecular flexibility index (Phi) is 4.99. The van der Waals surface area contributed by atoms with E-state index in [1.807, 2.05) is 54.6 Å². The summed E-state index contributed by atoms with van der Waals surface area (Å²) in [6.45, 7) is 0. The molecular weight excluding hydrogens is 368 g/mol. The number of allylic oxidation sites excluding steroid dienone is 1. The third kappa shape index (κ3) is 3.84. The second kappa shape index (κ2) is 7.58. The molecule has 1 aliphatic rings. The molecule has 0 bridgehead atoms. The predicted octanol–water partition coefficient (Wildman–Crippen LogP) is 5.65. The number of benzene rings is 3. The van der Waals surface area contributed by atoms with Gasteiger partial charge in [-0.2, -0.15) is 8.42 Å². The first-order valence-electron chi connectivity index (χ1n) is 9.12. The average Bonchev–Trinajstić information content (AvgIpc) is 2.72. The molecule has 4 heteroatoms. The normalized spacial score (nSPS) is 16.2. The van der Waals surface area contributed by atoms with Gasteiger partial charge in [-0.3, -0.25) is 4.55 Å². The first-order valence-corrected chi connectivity index (χ1v) is 10.6. The molecule has 3 nitrogen and oxygen atoms in total. The van der Waals surface area contributed by atoms with Gasteiger partial charge < -0.3 is 0 Å². The van der Waals surface area contributed by atoms with Gasteiger partial charge in [0.2, 0.25) is 0 Å². The summed E-state index contributed by atoms with van der Waals surface area (Å²) >= 11 is 0. The Morgan fingerprint density at radius 1 is 0.893 bits per heavy atom. The first kappa shape index (κ1) is 18.4. The van der Waals surface area contributed by atoms with E-state index in [1.165, 1.54) is 5.56 Å². The Bertz CT molecular complexity index is 1160. The second-order valence-corrected chi connectivity index (χ2v) is 8.23. The quantitative estimate of drug-likeness (QED) is 0.464. The molecule has 0 saturated heterocycles. The van der Waals surface area contributed by atoms with Gasteiger partial charge in [0.25, 0.3) is 10.1 Å². The molecule has 0 radical (unpaired) electrons. The van der Waals surface area contributed by atoms with Gasteiger partial charge >= 0.3 is 0 Å². The highest BCUT2D eigenvalue weighted by molar-refractivity contribution is 7.86. The van der Waals surface area contributed by atoms with Crippen LogP contribution in [0, 0.1) is 0 Å². The Balaban J connectivity index is 1.76. The molecule has 28 heavy (non-hydrogen) atoms. The van der Waals surface area contributed by atoms with Crippen molar-refractivity contribution >= 4 is 28.3 Å². The van der Waals surface area contributed by atoms with E-state index < -0.39 is 10.1 Å².